The van der Waals surface area contributed by atoms with Crippen molar-refractivity contribution in [3.05, 3.63) is 0 Å². The van der Waals surface area contributed by atoms with Crippen molar-refractivity contribution in [1.82, 2.24) is 15.0 Å². The van der Waals surface area contributed by atoms with Crippen molar-refractivity contribution in [3.63, 3.8) is 0 Å². The highest BCUT2D eigenvalue weighted by Crippen LogP contribution is 2.27. The van der Waals surface area contributed by atoms with E-state index >= 15 is 0 Å². The van der Waals surface area contributed by atoms with Crippen LogP contribution in [0.25, 0.3) is 0 Å². The average molecular weight is 279 g/mol. The van der Waals surface area contributed by atoms with Gasteiger partial charge in [0.15, 0.2) is 0 Å². The summed E-state index contributed by atoms with van der Waals surface area (Å²) in [5.74, 6) is 1.82. The normalized spacial score (nSPS) is 22.1. The fraction of sp³-hybridized carbons (Fsp3) is 0.786. The molecule has 1 heterocycles. The molecular formula is C14H25N5O. The molecule has 0 spiro atoms. The van der Waals surface area contributed by atoms with Gasteiger partial charge in [-0.3, -0.25) is 0 Å². The molecule has 2 rings (SSSR count). The van der Waals surface area contributed by atoms with Crippen LogP contribution in [-0.2, 0) is 0 Å². The van der Waals surface area contributed by atoms with Crippen LogP contribution >= 0.6 is 0 Å². The van der Waals surface area contributed by atoms with Crippen molar-refractivity contribution in [2.24, 2.45) is 5.92 Å². The monoisotopic (exact) mass is 279 g/mol. The van der Waals surface area contributed by atoms with Gasteiger partial charge in [0, 0.05) is 12.6 Å². The lowest BCUT2D eigenvalue weighted by molar-refractivity contribution is 0.222. The molecule has 20 heavy (non-hydrogen) atoms. The first-order valence-corrected chi connectivity index (χ1v) is 7.51. The minimum Gasteiger partial charge on any atom is -0.461 e. The summed E-state index contributed by atoms with van der Waals surface area (Å²) in [6.07, 6.45) is 3.74. The van der Waals surface area contributed by atoms with E-state index in [0.717, 1.165) is 6.54 Å². The summed E-state index contributed by atoms with van der Waals surface area (Å²) >= 11 is 0. The molecule has 0 amide bonds. The molecule has 0 aromatic carbocycles. The highest BCUT2D eigenvalue weighted by atomic mass is 16.5. The number of anilines is 2. The van der Waals surface area contributed by atoms with Crippen LogP contribution in [0.5, 0.6) is 6.01 Å². The van der Waals surface area contributed by atoms with Crippen LogP contribution in [0.3, 0.4) is 0 Å². The summed E-state index contributed by atoms with van der Waals surface area (Å²) in [5, 5.41) is 6.54. The molecule has 0 bridgehead atoms. The Labute approximate surface area is 120 Å². The Hall–Kier alpha value is -1.59. The van der Waals surface area contributed by atoms with Crippen LogP contribution < -0.4 is 15.4 Å². The first-order valence-electron chi connectivity index (χ1n) is 7.51. The van der Waals surface area contributed by atoms with Gasteiger partial charge in [0.05, 0.1) is 6.10 Å². The van der Waals surface area contributed by atoms with Crippen LogP contribution in [-0.4, -0.2) is 33.6 Å². The number of ether oxygens (including phenoxy) is 1. The zero-order chi connectivity index (χ0) is 14.5. The minimum absolute atomic E-state index is 0.0464. The Morgan fingerprint density at radius 2 is 1.95 bits per heavy atom. The van der Waals surface area contributed by atoms with Crippen LogP contribution in [0.1, 0.15) is 47.0 Å². The Morgan fingerprint density at radius 3 is 2.55 bits per heavy atom. The van der Waals surface area contributed by atoms with Gasteiger partial charge in [0.2, 0.25) is 11.9 Å². The molecular weight excluding hydrogens is 254 g/mol. The molecule has 2 unspecified atom stereocenters. The van der Waals surface area contributed by atoms with Crippen LogP contribution in [0.2, 0.25) is 0 Å². The summed E-state index contributed by atoms with van der Waals surface area (Å²) < 4.78 is 5.59. The van der Waals surface area contributed by atoms with Crippen molar-refractivity contribution in [2.75, 3.05) is 17.2 Å². The molecule has 1 saturated carbocycles. The molecule has 0 aliphatic heterocycles. The predicted molar refractivity (Wildman–Crippen MR) is 80.2 cm³/mol. The molecule has 1 aromatic heterocycles. The Balaban J connectivity index is 2.15. The van der Waals surface area contributed by atoms with Gasteiger partial charge in [-0.15, -0.1) is 0 Å². The van der Waals surface area contributed by atoms with E-state index in [4.69, 9.17) is 4.74 Å². The Kier molecular flexibility index (Phi) is 4.98. The lowest BCUT2D eigenvalue weighted by Crippen LogP contribution is -2.24. The van der Waals surface area contributed by atoms with Gasteiger partial charge in [0.25, 0.3) is 0 Å². The number of aromatic nitrogens is 3. The number of nitrogens with one attached hydrogen (secondary N) is 2. The second-order valence-electron chi connectivity index (χ2n) is 5.62. The van der Waals surface area contributed by atoms with E-state index in [9.17, 15) is 0 Å². The highest BCUT2D eigenvalue weighted by Gasteiger charge is 2.24. The molecule has 1 aliphatic rings. The fourth-order valence-electron chi connectivity index (χ4n) is 2.45. The number of nitrogens with zero attached hydrogens (tertiary/aromatic N) is 3. The highest BCUT2D eigenvalue weighted by molar-refractivity contribution is 5.36. The molecule has 1 fully saturated rings. The molecule has 6 heteroatoms. The van der Waals surface area contributed by atoms with Crippen molar-refractivity contribution in [1.29, 1.82) is 0 Å². The van der Waals surface area contributed by atoms with Gasteiger partial charge in [-0.1, -0.05) is 13.3 Å². The summed E-state index contributed by atoms with van der Waals surface area (Å²) in [6.45, 7) is 8.97. The standard InChI is InChI=1S/C14H25N5O/c1-5-15-12-17-13(16-11-8-6-7-10(11)4)19-14(18-12)20-9(2)3/h9-11H,5-8H2,1-4H3,(H2,15,16,17,18,19). The van der Waals surface area contributed by atoms with Crippen LogP contribution in [0, 0.1) is 5.92 Å². The van der Waals surface area contributed by atoms with E-state index in [0.29, 0.717) is 29.9 Å². The maximum absolute atomic E-state index is 5.59. The summed E-state index contributed by atoms with van der Waals surface area (Å²) in [4.78, 5) is 13.0. The molecule has 0 saturated heterocycles. The van der Waals surface area contributed by atoms with Crippen molar-refractivity contribution < 1.29 is 4.74 Å². The number of rotatable bonds is 6. The SMILES string of the molecule is CCNc1nc(NC2CCCC2C)nc(OC(C)C)n1. The van der Waals surface area contributed by atoms with Gasteiger partial charge >= 0.3 is 6.01 Å². The zero-order valence-electron chi connectivity index (χ0n) is 12.8. The third-order valence-electron chi connectivity index (χ3n) is 3.47. The Morgan fingerprint density at radius 1 is 1.20 bits per heavy atom. The second-order valence-corrected chi connectivity index (χ2v) is 5.62. The molecule has 1 aliphatic carbocycles. The maximum atomic E-state index is 5.59. The van der Waals surface area contributed by atoms with Crippen molar-refractivity contribution >= 4 is 11.9 Å². The number of hydrogen-bond acceptors (Lipinski definition) is 6. The lowest BCUT2D eigenvalue weighted by Gasteiger charge is -2.18. The van der Waals surface area contributed by atoms with Gasteiger partial charge < -0.3 is 15.4 Å². The first kappa shape index (κ1) is 14.8. The van der Waals surface area contributed by atoms with Crippen molar-refractivity contribution in [2.45, 2.75) is 59.1 Å². The summed E-state index contributed by atoms with van der Waals surface area (Å²) in [7, 11) is 0. The van der Waals surface area contributed by atoms with E-state index in [-0.39, 0.29) is 6.10 Å². The quantitative estimate of drug-likeness (QED) is 0.834. The Bertz CT molecular complexity index is 438. The van der Waals surface area contributed by atoms with Crippen LogP contribution in [0.4, 0.5) is 11.9 Å². The third kappa shape index (κ3) is 3.95. The van der Waals surface area contributed by atoms with Gasteiger partial charge in [-0.25, -0.2) is 0 Å². The van der Waals surface area contributed by atoms with E-state index < -0.39 is 0 Å². The maximum Gasteiger partial charge on any atom is 0.323 e. The van der Waals surface area contributed by atoms with E-state index in [1.54, 1.807) is 0 Å². The molecule has 1 aromatic rings. The molecule has 2 atom stereocenters. The fourth-order valence-corrected chi connectivity index (χ4v) is 2.45. The second kappa shape index (κ2) is 6.72. The molecule has 6 nitrogen and oxygen atoms in total. The van der Waals surface area contributed by atoms with E-state index in [1.807, 2.05) is 20.8 Å². The van der Waals surface area contributed by atoms with Crippen molar-refractivity contribution in [3.8, 4) is 6.01 Å². The first-order chi connectivity index (χ1) is 9.58. The largest absolute Gasteiger partial charge is 0.461 e. The van der Waals surface area contributed by atoms with Gasteiger partial charge in [-0.05, 0) is 39.5 Å². The van der Waals surface area contributed by atoms with Gasteiger partial charge in [-0.2, -0.15) is 15.0 Å². The van der Waals surface area contributed by atoms with Gasteiger partial charge in [0.1, 0.15) is 0 Å². The zero-order valence-corrected chi connectivity index (χ0v) is 12.8. The van der Waals surface area contributed by atoms with E-state index in [2.05, 4.69) is 32.5 Å². The average Bonchev–Trinajstić information content (AvgIpc) is 2.74. The lowest BCUT2D eigenvalue weighted by atomic mass is 10.1. The topological polar surface area (TPSA) is 72.0 Å². The molecule has 2 N–H and O–H groups in total. The van der Waals surface area contributed by atoms with Crippen LogP contribution in [0.15, 0.2) is 0 Å². The molecule has 0 radical (unpaired) electrons. The summed E-state index contributed by atoms with van der Waals surface area (Å²) in [6, 6.07) is 0.817. The smallest absolute Gasteiger partial charge is 0.323 e. The summed E-state index contributed by atoms with van der Waals surface area (Å²) in [5.41, 5.74) is 0. The number of hydrogen-bond donors (Lipinski definition) is 2. The van der Waals surface area contributed by atoms with E-state index in [1.165, 1.54) is 19.3 Å². The minimum atomic E-state index is 0.0464. The third-order valence-corrected chi connectivity index (χ3v) is 3.47. The molecule has 112 valence electrons. The predicted octanol–water partition coefficient (Wildman–Crippen LogP) is 2.69.